The summed E-state index contributed by atoms with van der Waals surface area (Å²) in [7, 11) is 0. The average molecular weight is 346 g/mol. The van der Waals surface area contributed by atoms with E-state index >= 15 is 0 Å². The van der Waals surface area contributed by atoms with Crippen LogP contribution in [0, 0.1) is 0 Å². The Morgan fingerprint density at radius 3 is 2.68 bits per heavy atom. The van der Waals surface area contributed by atoms with Crippen molar-refractivity contribution in [3.8, 4) is 5.75 Å². The fourth-order valence-electron chi connectivity index (χ4n) is 3.72. The van der Waals surface area contributed by atoms with Crippen LogP contribution in [-0.2, 0) is 9.47 Å². The molecule has 25 heavy (non-hydrogen) atoms. The maximum atomic E-state index is 10.7. The van der Waals surface area contributed by atoms with E-state index < -0.39 is 5.60 Å². The van der Waals surface area contributed by atoms with E-state index in [9.17, 15) is 5.11 Å². The molecule has 1 aromatic carbocycles. The molecule has 2 saturated heterocycles. The number of ether oxygens (including phenoxy) is 3. The smallest absolute Gasteiger partial charge is 0.129 e. The van der Waals surface area contributed by atoms with Crippen molar-refractivity contribution in [3.63, 3.8) is 0 Å². The highest BCUT2D eigenvalue weighted by Crippen LogP contribution is 2.28. The van der Waals surface area contributed by atoms with Gasteiger partial charge in [-0.25, -0.2) is 0 Å². The number of nitrogens with one attached hydrogen (secondary N) is 1. The lowest BCUT2D eigenvalue weighted by Gasteiger charge is -2.37. The van der Waals surface area contributed by atoms with Crippen molar-refractivity contribution in [3.05, 3.63) is 30.5 Å². The van der Waals surface area contributed by atoms with Crippen molar-refractivity contribution >= 4 is 10.9 Å². The number of piperidine rings is 1. The molecular formula is C19H26N2O4. The van der Waals surface area contributed by atoms with Crippen molar-refractivity contribution < 1.29 is 19.3 Å². The molecule has 0 unspecified atom stereocenters. The number of aromatic amines is 1. The maximum Gasteiger partial charge on any atom is 0.129 e. The Balaban J connectivity index is 1.31. The van der Waals surface area contributed by atoms with Crippen LogP contribution in [-0.4, -0.2) is 72.8 Å². The number of aliphatic hydroxyl groups is 1. The predicted octanol–water partition coefficient (Wildman–Crippen LogP) is 1.79. The lowest BCUT2D eigenvalue weighted by atomic mass is 10.0. The van der Waals surface area contributed by atoms with Gasteiger partial charge in [-0.3, -0.25) is 0 Å². The van der Waals surface area contributed by atoms with Gasteiger partial charge in [-0.05, 0) is 31.0 Å². The van der Waals surface area contributed by atoms with Crippen LogP contribution in [0.4, 0.5) is 0 Å². The number of aromatic nitrogens is 1. The van der Waals surface area contributed by atoms with Crippen molar-refractivity contribution in [2.75, 3.05) is 46.1 Å². The summed E-state index contributed by atoms with van der Waals surface area (Å²) in [5.41, 5.74) is 0.200. The van der Waals surface area contributed by atoms with Crippen LogP contribution in [0.3, 0.4) is 0 Å². The van der Waals surface area contributed by atoms with E-state index in [1.54, 1.807) is 0 Å². The Morgan fingerprint density at radius 1 is 1.16 bits per heavy atom. The van der Waals surface area contributed by atoms with E-state index in [-0.39, 0.29) is 6.10 Å². The van der Waals surface area contributed by atoms with E-state index in [1.165, 1.54) is 0 Å². The van der Waals surface area contributed by atoms with Gasteiger partial charge in [-0.15, -0.1) is 0 Å². The van der Waals surface area contributed by atoms with E-state index in [1.807, 2.05) is 18.3 Å². The van der Waals surface area contributed by atoms with Gasteiger partial charge in [-0.2, -0.15) is 0 Å². The predicted molar refractivity (Wildman–Crippen MR) is 95.0 cm³/mol. The standard InChI is InChI=1S/C19H26N2O4/c22-19(13-23-10-11-24-14-19)12-21-8-5-15(6-9-21)25-18-3-1-2-17-16(18)4-7-20-17/h1-4,7,15,20,22H,5-6,8-14H2. The summed E-state index contributed by atoms with van der Waals surface area (Å²) in [6, 6.07) is 8.17. The first-order chi connectivity index (χ1) is 12.2. The first-order valence-electron chi connectivity index (χ1n) is 9.05. The van der Waals surface area contributed by atoms with Crippen LogP contribution in [0.25, 0.3) is 10.9 Å². The number of β-amino-alcohol motifs (C(OH)–C–C–N with tert-alkyl or cyclic N) is 1. The zero-order valence-corrected chi connectivity index (χ0v) is 14.4. The zero-order chi connectivity index (χ0) is 17.1. The Bertz CT molecular complexity index is 686. The van der Waals surface area contributed by atoms with Gasteiger partial charge in [0.2, 0.25) is 0 Å². The van der Waals surface area contributed by atoms with Crippen LogP contribution in [0.2, 0.25) is 0 Å². The average Bonchev–Trinajstić information content (AvgIpc) is 3.00. The molecule has 0 radical (unpaired) electrons. The summed E-state index contributed by atoms with van der Waals surface area (Å²) in [6.07, 6.45) is 4.07. The van der Waals surface area contributed by atoms with Crippen molar-refractivity contribution in [2.45, 2.75) is 24.5 Å². The highest BCUT2D eigenvalue weighted by atomic mass is 16.6. The van der Waals surface area contributed by atoms with Crippen LogP contribution in [0.5, 0.6) is 5.75 Å². The highest BCUT2D eigenvalue weighted by Gasteiger charge is 2.33. The van der Waals surface area contributed by atoms with Gasteiger partial charge in [0.1, 0.15) is 17.5 Å². The molecular weight excluding hydrogens is 320 g/mol. The number of hydrogen-bond donors (Lipinski definition) is 2. The molecule has 6 nitrogen and oxygen atoms in total. The second-order valence-electron chi connectivity index (χ2n) is 7.12. The summed E-state index contributed by atoms with van der Waals surface area (Å²) in [4.78, 5) is 5.51. The molecule has 2 N–H and O–H groups in total. The first kappa shape index (κ1) is 16.8. The first-order valence-corrected chi connectivity index (χ1v) is 9.05. The van der Waals surface area contributed by atoms with Crippen molar-refractivity contribution in [1.29, 1.82) is 0 Å². The van der Waals surface area contributed by atoms with Crippen LogP contribution in [0.15, 0.2) is 30.5 Å². The van der Waals surface area contributed by atoms with Crippen LogP contribution < -0.4 is 4.74 Å². The van der Waals surface area contributed by atoms with Gasteiger partial charge in [-0.1, -0.05) is 6.07 Å². The summed E-state index contributed by atoms with van der Waals surface area (Å²) in [6.45, 7) is 4.23. The molecule has 0 spiro atoms. The molecule has 0 saturated carbocycles. The number of H-pyrrole nitrogens is 1. The normalized spacial score (nSPS) is 22.8. The second kappa shape index (κ2) is 7.33. The van der Waals surface area contributed by atoms with Gasteiger partial charge in [0, 0.05) is 36.7 Å². The third-order valence-corrected chi connectivity index (χ3v) is 5.01. The summed E-state index contributed by atoms with van der Waals surface area (Å²) in [5, 5.41) is 11.8. The Hall–Kier alpha value is -1.60. The van der Waals surface area contributed by atoms with Crippen LogP contribution in [0.1, 0.15) is 12.8 Å². The number of benzene rings is 1. The van der Waals surface area contributed by atoms with Gasteiger partial charge in [0.05, 0.1) is 26.4 Å². The van der Waals surface area contributed by atoms with Gasteiger partial charge in [0.15, 0.2) is 0 Å². The summed E-state index contributed by atoms with van der Waals surface area (Å²) in [5.74, 6) is 0.946. The van der Waals surface area contributed by atoms with E-state index in [0.717, 1.165) is 42.6 Å². The molecule has 6 heteroatoms. The minimum absolute atomic E-state index is 0.216. The fraction of sp³-hybridized carbons (Fsp3) is 0.579. The Morgan fingerprint density at radius 2 is 1.92 bits per heavy atom. The highest BCUT2D eigenvalue weighted by molar-refractivity contribution is 5.85. The number of likely N-dealkylation sites (tertiary alicyclic amines) is 1. The Kier molecular flexibility index (Phi) is 4.94. The number of nitrogens with zero attached hydrogens (tertiary/aromatic N) is 1. The lowest BCUT2D eigenvalue weighted by Crippen LogP contribution is -2.51. The van der Waals surface area contributed by atoms with E-state index in [2.05, 4.69) is 22.0 Å². The lowest BCUT2D eigenvalue weighted by molar-refractivity contribution is -0.0795. The quantitative estimate of drug-likeness (QED) is 0.883. The second-order valence-corrected chi connectivity index (χ2v) is 7.12. The zero-order valence-electron chi connectivity index (χ0n) is 14.4. The monoisotopic (exact) mass is 346 g/mol. The molecule has 0 aliphatic carbocycles. The molecule has 2 aromatic rings. The van der Waals surface area contributed by atoms with E-state index in [4.69, 9.17) is 14.2 Å². The maximum absolute atomic E-state index is 10.7. The van der Waals surface area contributed by atoms with Crippen molar-refractivity contribution in [1.82, 2.24) is 9.88 Å². The van der Waals surface area contributed by atoms with Gasteiger partial charge >= 0.3 is 0 Å². The summed E-state index contributed by atoms with van der Waals surface area (Å²) < 4.78 is 17.2. The third-order valence-electron chi connectivity index (χ3n) is 5.01. The topological polar surface area (TPSA) is 67.0 Å². The molecule has 2 aliphatic rings. The van der Waals surface area contributed by atoms with Crippen LogP contribution >= 0.6 is 0 Å². The molecule has 2 aliphatic heterocycles. The largest absolute Gasteiger partial charge is 0.490 e. The molecule has 3 heterocycles. The molecule has 4 rings (SSSR count). The number of fused-ring (bicyclic) bond motifs is 1. The molecule has 0 amide bonds. The number of hydrogen-bond acceptors (Lipinski definition) is 5. The summed E-state index contributed by atoms with van der Waals surface area (Å²) >= 11 is 0. The third kappa shape index (κ3) is 3.98. The molecule has 1 aromatic heterocycles. The fourth-order valence-corrected chi connectivity index (χ4v) is 3.72. The number of rotatable bonds is 4. The van der Waals surface area contributed by atoms with Gasteiger partial charge in [0.25, 0.3) is 0 Å². The SMILES string of the molecule is OC1(CN2CCC(Oc3cccc4[nH]ccc34)CC2)COCCOC1. The Labute approximate surface area is 147 Å². The minimum Gasteiger partial charge on any atom is -0.490 e. The van der Waals surface area contributed by atoms with Gasteiger partial charge < -0.3 is 29.2 Å². The molecule has 2 fully saturated rings. The minimum atomic E-state index is -0.902. The molecule has 136 valence electrons. The molecule has 0 atom stereocenters. The van der Waals surface area contributed by atoms with E-state index in [0.29, 0.717) is 33.0 Å². The van der Waals surface area contributed by atoms with Crippen molar-refractivity contribution in [2.24, 2.45) is 0 Å². The molecule has 0 bridgehead atoms.